The van der Waals surface area contributed by atoms with Crippen LogP contribution >= 0.6 is 23.2 Å². The van der Waals surface area contributed by atoms with E-state index in [1.54, 1.807) is 66.7 Å². The number of H-pyrrole nitrogens is 1. The van der Waals surface area contributed by atoms with E-state index in [0.29, 0.717) is 38.1 Å². The minimum atomic E-state index is -0.258. The monoisotopic (exact) mass is 473 g/mol. The van der Waals surface area contributed by atoms with Gasteiger partial charge in [-0.25, -0.2) is 0 Å². The van der Waals surface area contributed by atoms with Crippen LogP contribution in [-0.2, 0) is 0 Å². The lowest BCUT2D eigenvalue weighted by Crippen LogP contribution is -2.12. The van der Waals surface area contributed by atoms with E-state index in [1.807, 2.05) is 18.2 Å². The summed E-state index contributed by atoms with van der Waals surface area (Å²) in [4.78, 5) is 28.6. The molecule has 0 bridgehead atoms. The van der Waals surface area contributed by atoms with Crippen LogP contribution in [0.5, 0.6) is 0 Å². The Morgan fingerprint density at radius 2 is 1.24 bits per heavy atom. The minimum absolute atomic E-state index is 0.244. The first-order valence-electron chi connectivity index (χ1n) is 10.2. The lowest BCUT2D eigenvalue weighted by atomic mass is 10.1. The highest BCUT2D eigenvalue weighted by molar-refractivity contribution is 6.36. The van der Waals surface area contributed by atoms with Crippen LogP contribution in [0.3, 0.4) is 0 Å². The largest absolute Gasteiger partial charge is 0.353 e. The molecule has 7 heteroatoms. The molecule has 0 aliphatic carbocycles. The van der Waals surface area contributed by atoms with Gasteiger partial charge in [0.05, 0.1) is 21.9 Å². The molecule has 0 unspecified atom stereocenters. The summed E-state index contributed by atoms with van der Waals surface area (Å²) in [6.07, 6.45) is 0. The van der Waals surface area contributed by atoms with E-state index >= 15 is 0 Å². The Morgan fingerprint density at radius 3 is 1.85 bits per heavy atom. The number of carbonyl (C=O) groups is 2. The molecule has 162 valence electrons. The van der Waals surface area contributed by atoms with Gasteiger partial charge < -0.3 is 15.6 Å². The van der Waals surface area contributed by atoms with Crippen LogP contribution in [0, 0.1) is 0 Å². The number of halogens is 2. The molecular formula is C26H17Cl2N3O2. The summed E-state index contributed by atoms with van der Waals surface area (Å²) in [6.45, 7) is 0. The third-order valence-electron chi connectivity index (χ3n) is 5.33. The van der Waals surface area contributed by atoms with Gasteiger partial charge in [0, 0.05) is 32.4 Å². The van der Waals surface area contributed by atoms with Gasteiger partial charge >= 0.3 is 0 Å². The number of fused-ring (bicyclic) bond motifs is 3. The molecule has 3 N–H and O–H groups in total. The van der Waals surface area contributed by atoms with Crippen molar-refractivity contribution in [2.24, 2.45) is 0 Å². The fourth-order valence-electron chi connectivity index (χ4n) is 3.75. The summed E-state index contributed by atoms with van der Waals surface area (Å²) < 4.78 is 0. The molecule has 0 radical (unpaired) electrons. The van der Waals surface area contributed by atoms with E-state index in [0.717, 1.165) is 16.3 Å². The van der Waals surface area contributed by atoms with Crippen molar-refractivity contribution in [2.45, 2.75) is 0 Å². The van der Waals surface area contributed by atoms with Gasteiger partial charge in [-0.05, 0) is 48.5 Å². The number of carbonyl (C=O) groups excluding carboxylic acids is 2. The van der Waals surface area contributed by atoms with Crippen molar-refractivity contribution in [3.63, 3.8) is 0 Å². The summed E-state index contributed by atoms with van der Waals surface area (Å²) in [5.41, 5.74) is 3.55. The molecule has 0 saturated heterocycles. The van der Waals surface area contributed by atoms with Crippen molar-refractivity contribution in [1.82, 2.24) is 4.98 Å². The lowest BCUT2D eigenvalue weighted by molar-refractivity contribution is 0.101. The Labute approximate surface area is 199 Å². The van der Waals surface area contributed by atoms with Crippen LogP contribution in [-0.4, -0.2) is 16.8 Å². The molecule has 5 nitrogen and oxygen atoms in total. The summed E-state index contributed by atoms with van der Waals surface area (Å²) in [6, 6.07) is 24.9. The first-order chi connectivity index (χ1) is 16.0. The Bertz CT molecular complexity index is 1510. The molecule has 5 aromatic rings. The predicted molar refractivity (Wildman–Crippen MR) is 135 cm³/mol. The van der Waals surface area contributed by atoms with E-state index in [9.17, 15) is 9.59 Å². The van der Waals surface area contributed by atoms with E-state index in [2.05, 4.69) is 15.6 Å². The van der Waals surface area contributed by atoms with Gasteiger partial charge in [0.25, 0.3) is 11.8 Å². The number of anilines is 2. The lowest BCUT2D eigenvalue weighted by Gasteiger charge is -2.08. The molecule has 4 aromatic carbocycles. The van der Waals surface area contributed by atoms with Gasteiger partial charge in [-0.3, -0.25) is 9.59 Å². The van der Waals surface area contributed by atoms with Crippen molar-refractivity contribution in [3.05, 3.63) is 106 Å². The number of benzene rings is 4. The van der Waals surface area contributed by atoms with Crippen LogP contribution in [0.1, 0.15) is 20.7 Å². The minimum Gasteiger partial charge on any atom is -0.353 e. The highest BCUT2D eigenvalue weighted by Gasteiger charge is 2.16. The topological polar surface area (TPSA) is 74.0 Å². The van der Waals surface area contributed by atoms with E-state index < -0.39 is 0 Å². The summed E-state index contributed by atoms with van der Waals surface area (Å²) in [5, 5.41) is 8.29. The number of amides is 2. The number of hydrogen-bond donors (Lipinski definition) is 3. The second kappa shape index (κ2) is 8.62. The van der Waals surface area contributed by atoms with Gasteiger partial charge in [-0.1, -0.05) is 59.6 Å². The van der Waals surface area contributed by atoms with Crippen LogP contribution < -0.4 is 10.6 Å². The van der Waals surface area contributed by atoms with Crippen LogP contribution in [0.2, 0.25) is 10.0 Å². The molecule has 0 atom stereocenters. The number of rotatable bonds is 4. The first-order valence-corrected chi connectivity index (χ1v) is 10.9. The van der Waals surface area contributed by atoms with Crippen molar-refractivity contribution in [1.29, 1.82) is 0 Å². The van der Waals surface area contributed by atoms with Gasteiger partial charge in [0.15, 0.2) is 0 Å². The molecule has 33 heavy (non-hydrogen) atoms. The van der Waals surface area contributed by atoms with Crippen molar-refractivity contribution >= 4 is 68.2 Å². The highest BCUT2D eigenvalue weighted by Crippen LogP contribution is 2.37. The molecule has 0 aliphatic rings. The summed E-state index contributed by atoms with van der Waals surface area (Å²) in [5.74, 6) is -0.501. The zero-order valence-electron chi connectivity index (χ0n) is 17.2. The quantitative estimate of drug-likeness (QED) is 0.259. The second-order valence-electron chi connectivity index (χ2n) is 7.52. The van der Waals surface area contributed by atoms with Gasteiger partial charge in [0.2, 0.25) is 0 Å². The maximum absolute atomic E-state index is 12.7. The maximum atomic E-state index is 12.7. The smallest absolute Gasteiger partial charge is 0.255 e. The molecule has 0 spiro atoms. The van der Waals surface area contributed by atoms with Gasteiger partial charge in [0.1, 0.15) is 0 Å². The third-order valence-corrected chi connectivity index (χ3v) is 5.86. The number of nitrogens with one attached hydrogen (secondary N) is 3. The van der Waals surface area contributed by atoms with Crippen molar-refractivity contribution < 1.29 is 9.59 Å². The average Bonchev–Trinajstić information content (AvgIpc) is 3.17. The first kappa shape index (κ1) is 21.1. The normalized spacial score (nSPS) is 11.0. The summed E-state index contributed by atoms with van der Waals surface area (Å²) >= 11 is 12.9. The SMILES string of the molecule is O=C(Nc1cc2[nH]c3c(NC(=O)c4ccccc4)cc(Cl)cc3c2cc1Cl)c1ccccc1. The molecule has 0 aliphatic heterocycles. The van der Waals surface area contributed by atoms with E-state index in [1.165, 1.54) is 0 Å². The molecule has 1 heterocycles. The fourth-order valence-corrected chi connectivity index (χ4v) is 4.18. The Kier molecular flexibility index (Phi) is 5.50. The Balaban J connectivity index is 1.55. The molecule has 0 fully saturated rings. The average molecular weight is 474 g/mol. The van der Waals surface area contributed by atoms with Crippen LogP contribution in [0.25, 0.3) is 21.8 Å². The standard InChI is InChI=1S/C26H17Cl2N3O2/c27-17-11-19-18-13-20(28)22(30-25(32)15-7-3-1-4-8-15)14-21(18)29-24(19)23(12-17)31-26(33)16-9-5-2-6-10-16/h1-14,29H,(H,30,32)(H,31,33). The molecular weight excluding hydrogens is 457 g/mol. The third kappa shape index (κ3) is 4.16. The van der Waals surface area contributed by atoms with E-state index in [-0.39, 0.29) is 11.8 Å². The summed E-state index contributed by atoms with van der Waals surface area (Å²) in [7, 11) is 0. The molecule has 1 aromatic heterocycles. The second-order valence-corrected chi connectivity index (χ2v) is 8.36. The number of aromatic amines is 1. The van der Waals surface area contributed by atoms with Gasteiger partial charge in [-0.2, -0.15) is 0 Å². The zero-order chi connectivity index (χ0) is 22.9. The van der Waals surface area contributed by atoms with Gasteiger partial charge in [-0.15, -0.1) is 0 Å². The fraction of sp³-hybridized carbons (Fsp3) is 0. The van der Waals surface area contributed by atoms with Crippen LogP contribution in [0.4, 0.5) is 11.4 Å². The van der Waals surface area contributed by atoms with Crippen molar-refractivity contribution in [2.75, 3.05) is 10.6 Å². The molecule has 5 rings (SSSR count). The number of aromatic nitrogens is 1. The van der Waals surface area contributed by atoms with Crippen LogP contribution in [0.15, 0.2) is 84.9 Å². The number of hydrogen-bond acceptors (Lipinski definition) is 2. The Hall–Kier alpha value is -3.80. The predicted octanol–water partition coefficient (Wildman–Crippen LogP) is 7.13. The highest BCUT2D eigenvalue weighted by atomic mass is 35.5. The maximum Gasteiger partial charge on any atom is 0.255 e. The Morgan fingerprint density at radius 1 is 0.667 bits per heavy atom. The van der Waals surface area contributed by atoms with E-state index in [4.69, 9.17) is 23.2 Å². The van der Waals surface area contributed by atoms with Crippen molar-refractivity contribution in [3.8, 4) is 0 Å². The zero-order valence-corrected chi connectivity index (χ0v) is 18.7. The molecule has 2 amide bonds. The molecule has 0 saturated carbocycles.